The van der Waals surface area contributed by atoms with Crippen molar-refractivity contribution < 1.29 is 4.79 Å². The molecule has 1 heterocycles. The molecule has 1 aromatic heterocycles. The van der Waals surface area contributed by atoms with E-state index in [1.807, 2.05) is 12.1 Å². The predicted octanol–water partition coefficient (Wildman–Crippen LogP) is 1.15. The number of H-pyrrole nitrogens is 1. The lowest BCUT2D eigenvalue weighted by atomic mass is 10.1. The van der Waals surface area contributed by atoms with Gasteiger partial charge in [0.15, 0.2) is 0 Å². The van der Waals surface area contributed by atoms with Crippen molar-refractivity contribution in [2.45, 2.75) is 6.42 Å². The molecule has 5 heteroatoms. The Labute approximate surface area is 98.9 Å². The van der Waals surface area contributed by atoms with Crippen molar-refractivity contribution in [3.63, 3.8) is 0 Å². The zero-order chi connectivity index (χ0) is 11.4. The predicted molar refractivity (Wildman–Crippen MR) is 66.7 cm³/mol. The minimum Gasteiger partial charge on any atom is -0.355 e. The van der Waals surface area contributed by atoms with Crippen LogP contribution in [0.5, 0.6) is 0 Å². The fourth-order valence-corrected chi connectivity index (χ4v) is 1.65. The topological polar surface area (TPSA) is 57.8 Å². The number of nitrogens with zero attached hydrogens (tertiary/aromatic N) is 1. The fraction of sp³-hybridized carbons (Fsp3) is 0.273. The second-order valence-corrected chi connectivity index (χ2v) is 3.83. The minimum atomic E-state index is -0.0362. The van der Waals surface area contributed by atoms with Crippen molar-refractivity contribution in [2.75, 3.05) is 12.3 Å². The van der Waals surface area contributed by atoms with Crippen LogP contribution in [0.1, 0.15) is 5.56 Å². The Morgan fingerprint density at radius 3 is 3.19 bits per heavy atom. The van der Waals surface area contributed by atoms with Gasteiger partial charge in [-0.05, 0) is 24.1 Å². The number of rotatable bonds is 4. The Morgan fingerprint density at radius 1 is 1.50 bits per heavy atom. The molecule has 0 unspecified atom stereocenters. The maximum Gasteiger partial charge on any atom is 0.229 e. The van der Waals surface area contributed by atoms with Gasteiger partial charge in [-0.3, -0.25) is 4.79 Å². The third kappa shape index (κ3) is 2.55. The molecule has 0 atom stereocenters. The van der Waals surface area contributed by atoms with Gasteiger partial charge < -0.3 is 10.3 Å². The van der Waals surface area contributed by atoms with E-state index in [9.17, 15) is 4.79 Å². The Morgan fingerprint density at radius 2 is 2.38 bits per heavy atom. The van der Waals surface area contributed by atoms with Gasteiger partial charge in [-0.15, -0.1) is 0 Å². The van der Waals surface area contributed by atoms with E-state index in [-0.39, 0.29) is 11.7 Å². The van der Waals surface area contributed by atoms with E-state index in [1.54, 1.807) is 6.33 Å². The van der Waals surface area contributed by atoms with Gasteiger partial charge in [0, 0.05) is 6.54 Å². The van der Waals surface area contributed by atoms with E-state index in [1.165, 1.54) is 5.56 Å². The smallest absolute Gasteiger partial charge is 0.229 e. The van der Waals surface area contributed by atoms with Crippen molar-refractivity contribution in [2.24, 2.45) is 0 Å². The van der Waals surface area contributed by atoms with Crippen LogP contribution in [0, 0.1) is 0 Å². The van der Waals surface area contributed by atoms with Gasteiger partial charge in [-0.2, -0.15) is 12.6 Å². The molecule has 2 rings (SSSR count). The lowest BCUT2D eigenvalue weighted by Gasteiger charge is -2.03. The van der Waals surface area contributed by atoms with Crippen LogP contribution in [0.4, 0.5) is 0 Å². The normalized spacial score (nSPS) is 10.6. The number of imidazole rings is 1. The molecule has 0 spiro atoms. The van der Waals surface area contributed by atoms with Gasteiger partial charge in [0.05, 0.1) is 23.1 Å². The summed E-state index contributed by atoms with van der Waals surface area (Å²) in [5, 5.41) is 2.78. The third-order valence-electron chi connectivity index (χ3n) is 2.36. The van der Waals surface area contributed by atoms with E-state index >= 15 is 0 Å². The quantitative estimate of drug-likeness (QED) is 0.696. The molecule has 1 amide bonds. The monoisotopic (exact) mass is 235 g/mol. The molecule has 0 aliphatic carbocycles. The maximum absolute atomic E-state index is 11.0. The van der Waals surface area contributed by atoms with Crippen LogP contribution < -0.4 is 5.32 Å². The lowest BCUT2D eigenvalue weighted by molar-refractivity contribution is -0.118. The number of fused-ring (bicyclic) bond motifs is 1. The Bertz CT molecular complexity index is 495. The number of amides is 1. The van der Waals surface area contributed by atoms with E-state index in [0.717, 1.165) is 17.5 Å². The molecule has 1 aromatic carbocycles. The standard InChI is InChI=1S/C11H13N3OS/c15-11(6-16)12-4-3-8-1-2-9-10(5-8)14-7-13-9/h1-2,5,7,16H,3-4,6H2,(H,12,15)(H,13,14). The first-order chi connectivity index (χ1) is 7.79. The maximum atomic E-state index is 11.0. The highest BCUT2D eigenvalue weighted by Gasteiger charge is 2.00. The minimum absolute atomic E-state index is 0.0362. The molecule has 2 N–H and O–H groups in total. The molecule has 4 nitrogen and oxygen atoms in total. The summed E-state index contributed by atoms with van der Waals surface area (Å²) in [6.07, 6.45) is 2.49. The summed E-state index contributed by atoms with van der Waals surface area (Å²) in [7, 11) is 0. The molecule has 84 valence electrons. The number of carbonyl (C=O) groups is 1. The fourth-order valence-electron chi connectivity index (χ4n) is 1.54. The number of hydrogen-bond acceptors (Lipinski definition) is 3. The lowest BCUT2D eigenvalue weighted by Crippen LogP contribution is -2.26. The zero-order valence-corrected chi connectivity index (χ0v) is 9.63. The molecule has 0 aliphatic rings. The summed E-state index contributed by atoms with van der Waals surface area (Å²) in [4.78, 5) is 18.2. The summed E-state index contributed by atoms with van der Waals surface area (Å²) in [6.45, 7) is 0.638. The second-order valence-electron chi connectivity index (χ2n) is 3.51. The van der Waals surface area contributed by atoms with Gasteiger partial charge in [0.25, 0.3) is 0 Å². The van der Waals surface area contributed by atoms with Crippen molar-refractivity contribution >= 4 is 29.6 Å². The molecular formula is C11H13N3OS. The average molecular weight is 235 g/mol. The van der Waals surface area contributed by atoms with Crippen LogP contribution in [0.15, 0.2) is 24.5 Å². The number of aromatic amines is 1. The molecule has 0 bridgehead atoms. The Hall–Kier alpha value is -1.49. The Balaban J connectivity index is 1.96. The van der Waals surface area contributed by atoms with Crippen molar-refractivity contribution in [3.8, 4) is 0 Å². The third-order valence-corrected chi connectivity index (χ3v) is 2.65. The molecule has 0 saturated carbocycles. The molecule has 0 saturated heterocycles. The largest absolute Gasteiger partial charge is 0.355 e. The summed E-state index contributed by atoms with van der Waals surface area (Å²) >= 11 is 3.89. The zero-order valence-electron chi connectivity index (χ0n) is 8.73. The molecule has 0 fully saturated rings. The van der Waals surface area contributed by atoms with E-state index in [0.29, 0.717) is 6.54 Å². The number of carbonyl (C=O) groups excluding carboxylic acids is 1. The van der Waals surface area contributed by atoms with Crippen LogP contribution >= 0.6 is 12.6 Å². The number of thiol groups is 1. The summed E-state index contributed by atoms with van der Waals surface area (Å²) in [6, 6.07) is 6.05. The summed E-state index contributed by atoms with van der Waals surface area (Å²) in [5.74, 6) is 0.200. The second kappa shape index (κ2) is 5.03. The van der Waals surface area contributed by atoms with E-state index in [4.69, 9.17) is 0 Å². The first-order valence-corrected chi connectivity index (χ1v) is 5.72. The number of nitrogens with one attached hydrogen (secondary N) is 2. The highest BCUT2D eigenvalue weighted by Crippen LogP contribution is 2.11. The van der Waals surface area contributed by atoms with Crippen molar-refractivity contribution in [3.05, 3.63) is 30.1 Å². The Kier molecular flexibility index (Phi) is 3.46. The molecule has 16 heavy (non-hydrogen) atoms. The first-order valence-electron chi connectivity index (χ1n) is 5.09. The van der Waals surface area contributed by atoms with Crippen LogP contribution in [-0.4, -0.2) is 28.2 Å². The number of hydrogen-bond donors (Lipinski definition) is 3. The van der Waals surface area contributed by atoms with Gasteiger partial charge in [-0.1, -0.05) is 6.07 Å². The van der Waals surface area contributed by atoms with Crippen LogP contribution in [0.25, 0.3) is 11.0 Å². The number of benzene rings is 1. The van der Waals surface area contributed by atoms with Crippen LogP contribution in [0.2, 0.25) is 0 Å². The average Bonchev–Trinajstić information content (AvgIpc) is 2.76. The van der Waals surface area contributed by atoms with E-state index in [2.05, 4.69) is 34.0 Å². The highest BCUT2D eigenvalue weighted by molar-refractivity contribution is 7.81. The van der Waals surface area contributed by atoms with Crippen LogP contribution in [-0.2, 0) is 11.2 Å². The first kappa shape index (κ1) is 11.0. The molecule has 0 aliphatic heterocycles. The van der Waals surface area contributed by atoms with Crippen molar-refractivity contribution in [1.82, 2.24) is 15.3 Å². The van der Waals surface area contributed by atoms with Crippen LogP contribution in [0.3, 0.4) is 0 Å². The van der Waals surface area contributed by atoms with Gasteiger partial charge in [0.1, 0.15) is 0 Å². The summed E-state index contributed by atoms with van der Waals surface area (Å²) < 4.78 is 0. The molecule has 2 aromatic rings. The molecule has 0 radical (unpaired) electrons. The number of aromatic nitrogens is 2. The molecular weight excluding hydrogens is 222 g/mol. The highest BCUT2D eigenvalue weighted by atomic mass is 32.1. The summed E-state index contributed by atoms with van der Waals surface area (Å²) in [5.41, 5.74) is 3.16. The van der Waals surface area contributed by atoms with E-state index < -0.39 is 0 Å². The van der Waals surface area contributed by atoms with Gasteiger partial charge in [0.2, 0.25) is 5.91 Å². The van der Waals surface area contributed by atoms with Gasteiger partial charge in [-0.25, -0.2) is 4.98 Å². The SMILES string of the molecule is O=C(CS)NCCc1ccc2nc[nH]c2c1. The van der Waals surface area contributed by atoms with Crippen molar-refractivity contribution in [1.29, 1.82) is 0 Å². The van der Waals surface area contributed by atoms with Gasteiger partial charge >= 0.3 is 0 Å².